The van der Waals surface area contributed by atoms with Gasteiger partial charge in [-0.2, -0.15) is 0 Å². The zero-order valence-corrected chi connectivity index (χ0v) is 7.14. The Morgan fingerprint density at radius 1 is 1.70 bits per heavy atom. The van der Waals surface area contributed by atoms with Crippen molar-refractivity contribution < 1.29 is 9.21 Å². The van der Waals surface area contributed by atoms with E-state index in [0.717, 1.165) is 10.0 Å². The van der Waals surface area contributed by atoms with Gasteiger partial charge >= 0.3 is 0 Å². The molecule has 3 heteroatoms. The molecule has 0 fully saturated rings. The monoisotopic (exact) mass is 202 g/mol. The second-order valence-corrected chi connectivity index (χ2v) is 2.98. The van der Waals surface area contributed by atoms with E-state index in [0.29, 0.717) is 6.42 Å². The van der Waals surface area contributed by atoms with Gasteiger partial charge < -0.3 is 4.42 Å². The van der Waals surface area contributed by atoms with Crippen molar-refractivity contribution >= 4 is 21.7 Å². The molecule has 0 saturated heterocycles. The molecule has 1 rings (SSSR count). The number of Topliss-reactive ketones (excluding diaryl/α,β-unsaturated/α-hetero) is 1. The molecule has 0 amide bonds. The lowest BCUT2D eigenvalue weighted by molar-refractivity contribution is -0.116. The van der Waals surface area contributed by atoms with Gasteiger partial charge in [0.15, 0.2) is 0 Å². The van der Waals surface area contributed by atoms with Crippen molar-refractivity contribution in [1.82, 2.24) is 0 Å². The van der Waals surface area contributed by atoms with E-state index in [1.54, 1.807) is 19.5 Å². The summed E-state index contributed by atoms with van der Waals surface area (Å²) in [5, 5.41) is 0. The van der Waals surface area contributed by atoms with Crippen LogP contribution in [0.4, 0.5) is 0 Å². The summed E-state index contributed by atoms with van der Waals surface area (Å²) in [6.07, 6.45) is 3.58. The van der Waals surface area contributed by atoms with Gasteiger partial charge in [-0.05, 0) is 22.9 Å². The highest BCUT2D eigenvalue weighted by atomic mass is 79.9. The second kappa shape index (κ2) is 3.01. The summed E-state index contributed by atoms with van der Waals surface area (Å²) in [6.45, 7) is 1.56. The van der Waals surface area contributed by atoms with Crippen LogP contribution in [0.25, 0.3) is 0 Å². The van der Waals surface area contributed by atoms with Gasteiger partial charge in [0.1, 0.15) is 12.0 Å². The number of carbonyl (C=O) groups is 1. The summed E-state index contributed by atoms with van der Waals surface area (Å²) in [6, 6.07) is 0. The number of rotatable bonds is 2. The maximum atomic E-state index is 10.6. The van der Waals surface area contributed by atoms with E-state index >= 15 is 0 Å². The van der Waals surface area contributed by atoms with Crippen LogP contribution in [0.2, 0.25) is 0 Å². The van der Waals surface area contributed by atoms with Gasteiger partial charge in [-0.15, -0.1) is 0 Å². The van der Waals surface area contributed by atoms with E-state index in [4.69, 9.17) is 4.42 Å². The molecule has 54 valence electrons. The largest absolute Gasteiger partial charge is 0.471 e. The van der Waals surface area contributed by atoms with E-state index in [1.165, 1.54) is 0 Å². The van der Waals surface area contributed by atoms with Crippen molar-refractivity contribution in [3.8, 4) is 0 Å². The van der Waals surface area contributed by atoms with Crippen LogP contribution in [0.3, 0.4) is 0 Å². The molecule has 1 aromatic rings. The minimum Gasteiger partial charge on any atom is -0.471 e. The van der Waals surface area contributed by atoms with E-state index in [-0.39, 0.29) is 5.78 Å². The van der Waals surface area contributed by atoms with Gasteiger partial charge in [0.25, 0.3) is 0 Å². The Morgan fingerprint density at radius 3 is 2.80 bits per heavy atom. The molecule has 0 bridgehead atoms. The maximum absolute atomic E-state index is 10.6. The van der Waals surface area contributed by atoms with Crippen molar-refractivity contribution in [1.29, 1.82) is 0 Å². The van der Waals surface area contributed by atoms with E-state index < -0.39 is 0 Å². The maximum Gasteiger partial charge on any atom is 0.134 e. The highest BCUT2D eigenvalue weighted by molar-refractivity contribution is 9.10. The molecule has 0 unspecified atom stereocenters. The third-order valence-electron chi connectivity index (χ3n) is 1.13. The van der Waals surface area contributed by atoms with Gasteiger partial charge in [-0.1, -0.05) is 0 Å². The fourth-order valence-electron chi connectivity index (χ4n) is 0.702. The Labute approximate surface area is 67.3 Å². The third-order valence-corrected chi connectivity index (χ3v) is 1.82. The lowest BCUT2D eigenvalue weighted by Gasteiger charge is -1.89. The number of hydrogen-bond acceptors (Lipinski definition) is 2. The van der Waals surface area contributed by atoms with Crippen molar-refractivity contribution in [2.75, 3.05) is 0 Å². The van der Waals surface area contributed by atoms with Gasteiger partial charge in [0.05, 0.1) is 10.7 Å². The Hall–Kier alpha value is -0.570. The number of ketones is 1. The van der Waals surface area contributed by atoms with Gasteiger partial charge in [0.2, 0.25) is 0 Å². The Balaban J connectivity index is 2.74. The first-order chi connectivity index (χ1) is 4.70. The fraction of sp³-hybridized carbons (Fsp3) is 0.286. The predicted molar refractivity (Wildman–Crippen MR) is 40.8 cm³/mol. The quantitative estimate of drug-likeness (QED) is 0.737. The molecule has 0 N–H and O–H groups in total. The molecular formula is C7H7BrO2. The van der Waals surface area contributed by atoms with Crippen LogP contribution in [0.15, 0.2) is 21.4 Å². The van der Waals surface area contributed by atoms with Crippen molar-refractivity contribution in [2.24, 2.45) is 0 Å². The normalized spacial score (nSPS) is 9.80. The highest BCUT2D eigenvalue weighted by Crippen LogP contribution is 2.17. The first kappa shape index (κ1) is 7.54. The lowest BCUT2D eigenvalue weighted by atomic mass is 10.2. The second-order valence-electron chi connectivity index (χ2n) is 2.12. The summed E-state index contributed by atoms with van der Waals surface area (Å²) in [5.74, 6) is 0.141. The molecule has 0 aliphatic heterocycles. The van der Waals surface area contributed by atoms with E-state index in [9.17, 15) is 4.79 Å². The number of halogens is 1. The summed E-state index contributed by atoms with van der Waals surface area (Å²) < 4.78 is 5.71. The molecule has 0 aliphatic rings. The summed E-state index contributed by atoms with van der Waals surface area (Å²) in [5.41, 5.74) is 0.910. The minimum absolute atomic E-state index is 0.141. The topological polar surface area (TPSA) is 30.2 Å². The Kier molecular flexibility index (Phi) is 2.27. The van der Waals surface area contributed by atoms with Crippen molar-refractivity contribution in [2.45, 2.75) is 13.3 Å². The van der Waals surface area contributed by atoms with Crippen molar-refractivity contribution in [3.05, 3.63) is 22.6 Å². The van der Waals surface area contributed by atoms with Crippen LogP contribution in [0.1, 0.15) is 12.5 Å². The molecule has 0 radical (unpaired) electrons. The Bertz CT molecular complexity index is 240. The van der Waals surface area contributed by atoms with Crippen LogP contribution in [-0.4, -0.2) is 5.78 Å². The summed E-state index contributed by atoms with van der Waals surface area (Å²) >= 11 is 3.25. The number of furan rings is 1. The van der Waals surface area contributed by atoms with Crippen LogP contribution in [-0.2, 0) is 11.2 Å². The van der Waals surface area contributed by atoms with Crippen LogP contribution >= 0.6 is 15.9 Å². The van der Waals surface area contributed by atoms with Crippen LogP contribution in [0, 0.1) is 0 Å². The SMILES string of the molecule is CC(=O)Cc1cocc1Br. The molecule has 10 heavy (non-hydrogen) atoms. The molecule has 2 nitrogen and oxygen atoms in total. The summed E-state index contributed by atoms with van der Waals surface area (Å²) in [4.78, 5) is 10.6. The molecule has 0 aromatic carbocycles. The molecule has 0 spiro atoms. The predicted octanol–water partition coefficient (Wildman–Crippen LogP) is 2.17. The Morgan fingerprint density at radius 2 is 2.40 bits per heavy atom. The molecule has 0 saturated carbocycles. The lowest BCUT2D eigenvalue weighted by Crippen LogP contribution is -1.94. The van der Waals surface area contributed by atoms with E-state index in [1.807, 2.05) is 0 Å². The zero-order chi connectivity index (χ0) is 7.56. The van der Waals surface area contributed by atoms with E-state index in [2.05, 4.69) is 15.9 Å². The molecule has 1 heterocycles. The van der Waals surface area contributed by atoms with Crippen LogP contribution < -0.4 is 0 Å². The average molecular weight is 203 g/mol. The molecule has 0 aliphatic carbocycles. The fourth-order valence-corrected chi connectivity index (χ4v) is 1.04. The highest BCUT2D eigenvalue weighted by Gasteiger charge is 2.03. The first-order valence-electron chi connectivity index (χ1n) is 2.90. The van der Waals surface area contributed by atoms with Gasteiger partial charge in [-0.3, -0.25) is 4.79 Å². The third kappa shape index (κ3) is 1.70. The molecule has 1 aromatic heterocycles. The minimum atomic E-state index is 0.141. The van der Waals surface area contributed by atoms with Gasteiger partial charge in [0, 0.05) is 12.0 Å². The van der Waals surface area contributed by atoms with Gasteiger partial charge in [-0.25, -0.2) is 0 Å². The number of carbonyl (C=O) groups excluding carboxylic acids is 1. The smallest absolute Gasteiger partial charge is 0.134 e. The first-order valence-corrected chi connectivity index (χ1v) is 3.69. The van der Waals surface area contributed by atoms with Crippen molar-refractivity contribution in [3.63, 3.8) is 0 Å². The molecule has 0 atom stereocenters. The molecular weight excluding hydrogens is 196 g/mol. The zero-order valence-electron chi connectivity index (χ0n) is 5.56. The average Bonchev–Trinajstić information content (AvgIpc) is 2.15. The summed E-state index contributed by atoms with van der Waals surface area (Å²) in [7, 11) is 0. The standard InChI is InChI=1S/C7H7BrO2/c1-5(9)2-6-3-10-4-7(6)8/h3-4H,2H2,1H3. The van der Waals surface area contributed by atoms with Crippen LogP contribution in [0.5, 0.6) is 0 Å². The number of hydrogen-bond donors (Lipinski definition) is 0.